The van der Waals surface area contributed by atoms with Gasteiger partial charge in [-0.2, -0.15) is 0 Å². The number of carbonyl (C=O) groups excluding carboxylic acids is 5. The van der Waals surface area contributed by atoms with Gasteiger partial charge in [0, 0.05) is 6.42 Å². The van der Waals surface area contributed by atoms with Crippen LogP contribution in [-0.2, 0) is 46.4 Å². The molecule has 0 aliphatic heterocycles. The van der Waals surface area contributed by atoms with E-state index >= 15 is 0 Å². The molecule has 2 aromatic rings. The van der Waals surface area contributed by atoms with Gasteiger partial charge >= 0.3 is 18.0 Å². The largest absolute Gasteiger partial charge is 0.466 e. The van der Waals surface area contributed by atoms with E-state index in [4.69, 9.17) is 19.9 Å². The van der Waals surface area contributed by atoms with Gasteiger partial charge in [0.05, 0.1) is 25.6 Å². The van der Waals surface area contributed by atoms with Crippen molar-refractivity contribution in [3.63, 3.8) is 0 Å². The standard InChI is InChI=1S/C27H33N3O8/c1-3-36-22(31)16-20(26(34)37-4-2)23(24(28)32)30-25(33)21(15-18-11-7-5-8-12-18)29-27(35)38-17-19-13-9-6-10-14-19/h5-14,20-21,23H,3-4,15-17H2,1-2H3,(H2,28,32)(H,29,35)(H,30,33)/t20-,21+,23-/m0/s1. The fraction of sp³-hybridized carbons (Fsp3) is 0.370. The molecule has 0 heterocycles. The molecule has 0 aromatic heterocycles. The molecular formula is C27H33N3O8. The first-order valence-electron chi connectivity index (χ1n) is 12.2. The van der Waals surface area contributed by atoms with Crippen molar-refractivity contribution in [1.29, 1.82) is 0 Å². The Morgan fingerprint density at radius 1 is 0.789 bits per heavy atom. The Kier molecular flexibility index (Phi) is 12.3. The Hall–Kier alpha value is -4.41. The number of benzene rings is 2. The molecule has 3 atom stereocenters. The number of hydrogen-bond acceptors (Lipinski definition) is 8. The van der Waals surface area contributed by atoms with Crippen LogP contribution in [0.4, 0.5) is 4.79 Å². The second kappa shape index (κ2) is 15.6. The number of amides is 3. The number of ether oxygens (including phenoxy) is 3. The minimum atomic E-state index is -1.61. The van der Waals surface area contributed by atoms with Crippen LogP contribution in [-0.4, -0.2) is 55.1 Å². The first kappa shape index (κ1) is 29.8. The second-order valence-corrected chi connectivity index (χ2v) is 8.20. The van der Waals surface area contributed by atoms with Gasteiger partial charge < -0.3 is 30.6 Å². The van der Waals surface area contributed by atoms with Gasteiger partial charge in [-0.05, 0) is 25.0 Å². The molecule has 0 bridgehead atoms. The Morgan fingerprint density at radius 3 is 1.92 bits per heavy atom. The molecule has 0 fully saturated rings. The third kappa shape index (κ3) is 9.92. The molecule has 11 nitrogen and oxygen atoms in total. The topological polar surface area (TPSA) is 163 Å². The summed E-state index contributed by atoms with van der Waals surface area (Å²) in [5.74, 6) is -4.98. The molecule has 3 amide bonds. The molecule has 2 rings (SSSR count). The van der Waals surface area contributed by atoms with E-state index in [1.54, 1.807) is 68.4 Å². The zero-order valence-corrected chi connectivity index (χ0v) is 21.4. The monoisotopic (exact) mass is 527 g/mol. The van der Waals surface area contributed by atoms with E-state index in [1.165, 1.54) is 0 Å². The van der Waals surface area contributed by atoms with Crippen molar-refractivity contribution in [2.75, 3.05) is 13.2 Å². The number of primary amides is 1. The highest BCUT2D eigenvalue weighted by Crippen LogP contribution is 2.15. The minimum Gasteiger partial charge on any atom is -0.466 e. The first-order chi connectivity index (χ1) is 18.2. The van der Waals surface area contributed by atoms with E-state index in [0.717, 1.165) is 5.56 Å². The molecule has 11 heteroatoms. The van der Waals surface area contributed by atoms with Crippen molar-refractivity contribution in [3.05, 3.63) is 71.8 Å². The number of nitrogens with two attached hydrogens (primary N) is 1. The van der Waals surface area contributed by atoms with Gasteiger partial charge in [-0.25, -0.2) is 4.79 Å². The maximum Gasteiger partial charge on any atom is 0.408 e. The Morgan fingerprint density at radius 2 is 1.37 bits per heavy atom. The lowest BCUT2D eigenvalue weighted by Gasteiger charge is -2.26. The molecule has 0 unspecified atom stereocenters. The molecule has 0 radical (unpaired) electrons. The fourth-order valence-corrected chi connectivity index (χ4v) is 3.58. The molecule has 38 heavy (non-hydrogen) atoms. The Labute approximate surface area is 221 Å². The summed E-state index contributed by atoms with van der Waals surface area (Å²) in [6.07, 6.45) is -1.37. The normalized spacial score (nSPS) is 12.8. The minimum absolute atomic E-state index is 0.0248. The Bertz CT molecular complexity index is 1080. The van der Waals surface area contributed by atoms with E-state index < -0.39 is 54.3 Å². The lowest BCUT2D eigenvalue weighted by Crippen LogP contribution is -2.57. The van der Waals surface area contributed by atoms with E-state index in [2.05, 4.69) is 10.6 Å². The van der Waals surface area contributed by atoms with Crippen LogP contribution in [0.1, 0.15) is 31.4 Å². The summed E-state index contributed by atoms with van der Waals surface area (Å²) in [5, 5.41) is 4.91. The highest BCUT2D eigenvalue weighted by molar-refractivity contribution is 5.95. The van der Waals surface area contributed by atoms with Crippen molar-refractivity contribution >= 4 is 29.8 Å². The maximum atomic E-state index is 13.3. The molecule has 0 saturated carbocycles. The molecule has 204 valence electrons. The van der Waals surface area contributed by atoms with Gasteiger partial charge in [0.1, 0.15) is 18.7 Å². The lowest BCUT2D eigenvalue weighted by molar-refractivity contribution is -0.157. The SMILES string of the molecule is CCOC(=O)C[C@H](C(=O)OCC)[C@H](NC(=O)[C@@H](Cc1ccccc1)NC(=O)OCc1ccccc1)C(N)=O. The number of rotatable bonds is 14. The molecule has 0 aliphatic carbocycles. The fourth-order valence-electron chi connectivity index (χ4n) is 3.58. The van der Waals surface area contributed by atoms with Crippen LogP contribution >= 0.6 is 0 Å². The summed E-state index contributed by atoms with van der Waals surface area (Å²) >= 11 is 0. The quantitative estimate of drug-likeness (QED) is 0.246. The van der Waals surface area contributed by atoms with Crippen molar-refractivity contribution in [3.8, 4) is 0 Å². The van der Waals surface area contributed by atoms with Crippen LogP contribution < -0.4 is 16.4 Å². The van der Waals surface area contributed by atoms with Gasteiger partial charge in [0.25, 0.3) is 0 Å². The van der Waals surface area contributed by atoms with Crippen LogP contribution in [0.2, 0.25) is 0 Å². The van der Waals surface area contributed by atoms with Crippen molar-refractivity contribution < 1.29 is 38.2 Å². The third-order valence-electron chi connectivity index (χ3n) is 5.39. The van der Waals surface area contributed by atoms with E-state index in [-0.39, 0.29) is 26.2 Å². The van der Waals surface area contributed by atoms with Crippen LogP contribution in [0.15, 0.2) is 60.7 Å². The van der Waals surface area contributed by atoms with Gasteiger partial charge in [0.2, 0.25) is 11.8 Å². The van der Waals surface area contributed by atoms with Gasteiger partial charge in [-0.1, -0.05) is 60.7 Å². The number of alkyl carbamates (subject to hydrolysis) is 1. The smallest absolute Gasteiger partial charge is 0.408 e. The number of esters is 2. The van der Waals surface area contributed by atoms with E-state index in [0.29, 0.717) is 5.56 Å². The summed E-state index contributed by atoms with van der Waals surface area (Å²) in [6.45, 7) is 3.14. The number of carbonyl (C=O) groups is 5. The summed E-state index contributed by atoms with van der Waals surface area (Å²) in [5.41, 5.74) is 6.97. The predicted molar refractivity (Wildman–Crippen MR) is 136 cm³/mol. The van der Waals surface area contributed by atoms with Gasteiger partial charge in [-0.15, -0.1) is 0 Å². The predicted octanol–water partition coefficient (Wildman–Crippen LogP) is 1.63. The molecule has 0 spiro atoms. The summed E-state index contributed by atoms with van der Waals surface area (Å²) in [6, 6.07) is 15.0. The van der Waals surface area contributed by atoms with Crippen molar-refractivity contribution in [2.24, 2.45) is 11.7 Å². The lowest BCUT2D eigenvalue weighted by atomic mass is 9.94. The summed E-state index contributed by atoms with van der Waals surface area (Å²) in [7, 11) is 0. The average Bonchev–Trinajstić information content (AvgIpc) is 2.90. The van der Waals surface area contributed by atoms with Gasteiger partial charge in [0.15, 0.2) is 0 Å². The van der Waals surface area contributed by atoms with Crippen LogP contribution in [0.3, 0.4) is 0 Å². The molecule has 4 N–H and O–H groups in total. The van der Waals surface area contributed by atoms with E-state index in [9.17, 15) is 24.0 Å². The van der Waals surface area contributed by atoms with Gasteiger partial charge in [-0.3, -0.25) is 19.2 Å². The molecule has 0 saturated heterocycles. The number of nitrogens with one attached hydrogen (secondary N) is 2. The molecule has 0 aliphatic rings. The second-order valence-electron chi connectivity index (χ2n) is 8.20. The van der Waals surface area contributed by atoms with E-state index in [1.807, 2.05) is 6.07 Å². The van der Waals surface area contributed by atoms with Crippen LogP contribution in [0, 0.1) is 5.92 Å². The Balaban J connectivity index is 2.23. The summed E-state index contributed by atoms with van der Waals surface area (Å²) in [4.78, 5) is 62.9. The third-order valence-corrected chi connectivity index (χ3v) is 5.39. The zero-order valence-electron chi connectivity index (χ0n) is 21.4. The zero-order chi connectivity index (χ0) is 27.9. The highest BCUT2D eigenvalue weighted by atomic mass is 16.6. The van der Waals surface area contributed by atoms with Crippen molar-refractivity contribution in [1.82, 2.24) is 10.6 Å². The molecular weight excluding hydrogens is 494 g/mol. The van der Waals surface area contributed by atoms with Crippen LogP contribution in [0.25, 0.3) is 0 Å². The average molecular weight is 528 g/mol. The summed E-state index contributed by atoms with van der Waals surface area (Å²) < 4.78 is 15.1. The van der Waals surface area contributed by atoms with Crippen LogP contribution in [0.5, 0.6) is 0 Å². The number of hydrogen-bond donors (Lipinski definition) is 3. The first-order valence-corrected chi connectivity index (χ1v) is 12.2. The van der Waals surface area contributed by atoms with Crippen molar-refractivity contribution in [2.45, 2.75) is 45.4 Å². The highest BCUT2D eigenvalue weighted by Gasteiger charge is 2.38. The molecule has 2 aromatic carbocycles. The maximum absolute atomic E-state index is 13.3.